The molecule has 3 atom stereocenters. The van der Waals surface area contributed by atoms with Crippen LogP contribution in [0.5, 0.6) is 0 Å². The first kappa shape index (κ1) is 23.1. The molecule has 2 aliphatic rings. The largest absolute Gasteiger partial charge is 0.378 e. The fraction of sp³-hybridized carbons (Fsp3) is 0.280. The first-order valence-corrected chi connectivity index (χ1v) is 11.7. The van der Waals surface area contributed by atoms with Crippen molar-refractivity contribution in [1.82, 2.24) is 14.3 Å². The Labute approximate surface area is 205 Å². The predicted octanol–water partition coefficient (Wildman–Crippen LogP) is 3.94. The van der Waals surface area contributed by atoms with Gasteiger partial charge in [-0.05, 0) is 49.2 Å². The molecule has 0 radical (unpaired) electrons. The third-order valence-corrected chi connectivity index (χ3v) is 7.93. The topological polar surface area (TPSA) is 99.8 Å². The monoisotopic (exact) mass is 492 g/mol. The summed E-state index contributed by atoms with van der Waals surface area (Å²) in [7, 11) is 3.36. The van der Waals surface area contributed by atoms with Crippen LogP contribution in [0.25, 0.3) is 17.6 Å². The van der Waals surface area contributed by atoms with Crippen LogP contribution in [0.2, 0.25) is 0 Å². The average molecular weight is 493 g/mol. The van der Waals surface area contributed by atoms with Gasteiger partial charge in [-0.15, -0.1) is 0 Å². The number of rotatable bonds is 4. The molecule has 35 heavy (non-hydrogen) atoms. The highest BCUT2D eigenvalue weighted by atomic mass is 32.2. The molecule has 10 heteroatoms. The number of nitrogens with two attached hydrogens (primary N) is 1. The Hall–Kier alpha value is -3.71. The van der Waals surface area contributed by atoms with Crippen molar-refractivity contribution in [3.63, 3.8) is 0 Å². The fourth-order valence-electron chi connectivity index (χ4n) is 4.85. The van der Waals surface area contributed by atoms with E-state index in [2.05, 4.69) is 9.98 Å². The average Bonchev–Trinajstić information content (AvgIpc) is 3.41. The van der Waals surface area contributed by atoms with Crippen LogP contribution >= 0.6 is 11.8 Å². The molecule has 3 heterocycles. The molecule has 2 aromatic heterocycles. The van der Waals surface area contributed by atoms with Crippen molar-refractivity contribution in [3.8, 4) is 6.07 Å². The van der Waals surface area contributed by atoms with Gasteiger partial charge in [0.25, 0.3) is 0 Å². The van der Waals surface area contributed by atoms with E-state index in [9.17, 15) is 4.79 Å². The molecule has 3 aromatic rings. The molecule has 178 valence electrons. The van der Waals surface area contributed by atoms with Gasteiger partial charge in [0.1, 0.15) is 28.0 Å². The summed E-state index contributed by atoms with van der Waals surface area (Å²) in [6.45, 7) is 1.77. The number of benzene rings is 1. The van der Waals surface area contributed by atoms with Crippen molar-refractivity contribution < 1.29 is 13.6 Å². The number of hydrogen-bond donors (Lipinski definition) is 1. The van der Waals surface area contributed by atoms with E-state index in [-0.39, 0.29) is 28.3 Å². The maximum absolute atomic E-state index is 15.1. The van der Waals surface area contributed by atoms with Crippen molar-refractivity contribution in [3.05, 3.63) is 70.9 Å². The van der Waals surface area contributed by atoms with Crippen LogP contribution in [-0.2, 0) is 10.3 Å². The van der Waals surface area contributed by atoms with Crippen molar-refractivity contribution in [2.75, 3.05) is 14.1 Å². The van der Waals surface area contributed by atoms with Gasteiger partial charge in [0.2, 0.25) is 5.91 Å². The number of thioether (sulfide) groups is 1. The maximum Gasteiger partial charge on any atom is 0.239 e. The van der Waals surface area contributed by atoms with Gasteiger partial charge in [0.15, 0.2) is 11.0 Å². The highest BCUT2D eigenvalue weighted by molar-refractivity contribution is 8.15. The second-order valence-corrected chi connectivity index (χ2v) is 10.5. The summed E-state index contributed by atoms with van der Waals surface area (Å²) in [5.74, 6) is -1.43. The van der Waals surface area contributed by atoms with Crippen LogP contribution in [0.3, 0.4) is 0 Å². The lowest BCUT2D eigenvalue weighted by Gasteiger charge is -2.34. The number of pyridine rings is 1. The van der Waals surface area contributed by atoms with Gasteiger partial charge >= 0.3 is 0 Å². The molecule has 0 saturated heterocycles. The Kier molecular flexibility index (Phi) is 5.21. The Morgan fingerprint density at radius 2 is 2.11 bits per heavy atom. The number of nitrogens with zero attached hydrogens (tertiary/aromatic N) is 5. The number of carbonyl (C=O) groups excluding carboxylic acids is 1. The highest BCUT2D eigenvalue weighted by Crippen LogP contribution is 2.66. The van der Waals surface area contributed by atoms with Crippen LogP contribution in [0.4, 0.5) is 8.78 Å². The van der Waals surface area contributed by atoms with E-state index in [0.717, 1.165) is 0 Å². The third kappa shape index (κ3) is 3.67. The van der Waals surface area contributed by atoms with Gasteiger partial charge in [-0.2, -0.15) is 5.26 Å². The molecular weight excluding hydrogens is 470 g/mol. The summed E-state index contributed by atoms with van der Waals surface area (Å²) in [5.41, 5.74) is 6.73. The number of amidine groups is 1. The molecule has 2 N–H and O–H groups in total. The zero-order valence-electron chi connectivity index (χ0n) is 19.3. The molecule has 1 saturated carbocycles. The van der Waals surface area contributed by atoms with Crippen LogP contribution in [0, 0.1) is 23.1 Å². The van der Waals surface area contributed by atoms with Gasteiger partial charge in [-0.1, -0.05) is 17.8 Å². The standard InChI is InChI=1S/C25H22F2N6OS/c1-24(20-10-25(20,22(34)32(2)3)35-23(29)31-24)16-8-14(4-6-17(16)26)9-18(27)19-13-33-12-15(11-28)5-7-21(33)30-19/h4-9,12-13,20H,10H2,1-3H3,(H2,29,31)/b18-9-/t20-,24+,25-/m0/s1. The summed E-state index contributed by atoms with van der Waals surface area (Å²) in [6, 6.07) is 9.56. The van der Waals surface area contributed by atoms with E-state index in [4.69, 9.17) is 11.0 Å². The molecule has 0 spiro atoms. The van der Waals surface area contributed by atoms with Crippen LogP contribution < -0.4 is 5.73 Å². The van der Waals surface area contributed by atoms with Gasteiger partial charge in [-0.3, -0.25) is 9.79 Å². The number of halogens is 2. The smallest absolute Gasteiger partial charge is 0.239 e. The predicted molar refractivity (Wildman–Crippen MR) is 131 cm³/mol. The zero-order valence-corrected chi connectivity index (χ0v) is 20.1. The maximum atomic E-state index is 15.1. The molecule has 0 unspecified atom stereocenters. The van der Waals surface area contributed by atoms with E-state index >= 15 is 8.78 Å². The summed E-state index contributed by atoms with van der Waals surface area (Å²) in [4.78, 5) is 23.3. The Balaban J connectivity index is 1.52. The number of carbonyl (C=O) groups is 1. The number of imidazole rings is 1. The van der Waals surface area contributed by atoms with E-state index in [1.807, 2.05) is 6.07 Å². The van der Waals surface area contributed by atoms with Gasteiger partial charge in [0, 0.05) is 38.0 Å². The van der Waals surface area contributed by atoms with E-state index in [0.29, 0.717) is 23.2 Å². The van der Waals surface area contributed by atoms with Crippen LogP contribution in [0.15, 0.2) is 47.7 Å². The number of hydrogen-bond acceptors (Lipinski definition) is 6. The first-order valence-electron chi connectivity index (χ1n) is 10.9. The van der Waals surface area contributed by atoms with Gasteiger partial charge < -0.3 is 15.0 Å². The van der Waals surface area contributed by atoms with Crippen LogP contribution in [-0.4, -0.2) is 44.2 Å². The van der Waals surface area contributed by atoms with E-state index in [1.54, 1.807) is 49.8 Å². The Morgan fingerprint density at radius 3 is 2.83 bits per heavy atom. The first-order chi connectivity index (χ1) is 16.6. The van der Waals surface area contributed by atoms with Crippen molar-refractivity contribution >= 4 is 40.4 Å². The molecule has 1 amide bonds. The zero-order chi connectivity index (χ0) is 25.1. The molecule has 7 nitrogen and oxygen atoms in total. The third-order valence-electron chi connectivity index (χ3n) is 6.64. The number of aromatic nitrogens is 2. The number of amides is 1. The minimum absolute atomic E-state index is 0.0783. The lowest BCUT2D eigenvalue weighted by atomic mass is 9.84. The molecule has 1 fully saturated rings. The summed E-state index contributed by atoms with van der Waals surface area (Å²) in [5, 5.41) is 9.28. The minimum atomic E-state index is -1.07. The second kappa shape index (κ2) is 7.92. The lowest BCUT2D eigenvalue weighted by Crippen LogP contribution is -2.43. The quantitative estimate of drug-likeness (QED) is 0.595. The summed E-state index contributed by atoms with van der Waals surface area (Å²) >= 11 is 1.23. The molecule has 0 bridgehead atoms. The van der Waals surface area contributed by atoms with Crippen molar-refractivity contribution in [1.29, 1.82) is 5.26 Å². The molecular formula is C25H22F2N6OS. The van der Waals surface area contributed by atoms with Gasteiger partial charge in [-0.25, -0.2) is 13.8 Å². The Bertz CT molecular complexity index is 1490. The number of fused-ring (bicyclic) bond motifs is 2. The van der Waals surface area contributed by atoms with Crippen LogP contribution in [0.1, 0.15) is 35.7 Å². The minimum Gasteiger partial charge on any atom is -0.378 e. The fourth-order valence-corrected chi connectivity index (χ4v) is 6.35. The lowest BCUT2D eigenvalue weighted by molar-refractivity contribution is -0.129. The molecule has 1 aromatic carbocycles. The number of nitriles is 1. The van der Waals surface area contributed by atoms with E-state index < -0.39 is 21.9 Å². The van der Waals surface area contributed by atoms with E-state index in [1.165, 1.54) is 41.1 Å². The van der Waals surface area contributed by atoms with Crippen molar-refractivity contribution in [2.24, 2.45) is 16.6 Å². The molecule has 5 rings (SSSR count). The summed E-state index contributed by atoms with van der Waals surface area (Å²) in [6.07, 6.45) is 4.85. The summed E-state index contributed by atoms with van der Waals surface area (Å²) < 4.78 is 31.0. The Morgan fingerprint density at radius 1 is 1.34 bits per heavy atom. The highest BCUT2D eigenvalue weighted by Gasteiger charge is 2.71. The number of aliphatic imine (C=N–C) groups is 1. The SMILES string of the molecule is CN(C)C(=O)[C@]12C[C@H]1[C@@](C)(c1cc(/C=C(\F)c3cn4cc(C#N)ccc4n3)ccc1F)N=C(N)S2. The molecule has 1 aliphatic carbocycles. The second-order valence-electron chi connectivity index (χ2n) is 9.20. The molecule has 1 aliphatic heterocycles. The van der Waals surface area contributed by atoms with Crippen molar-refractivity contribution in [2.45, 2.75) is 23.6 Å². The normalized spacial score (nSPS) is 25.5. The van der Waals surface area contributed by atoms with Gasteiger partial charge in [0.05, 0.1) is 11.1 Å².